The van der Waals surface area contributed by atoms with Crippen molar-refractivity contribution >= 4 is 40.4 Å². The summed E-state index contributed by atoms with van der Waals surface area (Å²) in [5.41, 5.74) is 2.05. The average molecular weight is 396 g/mol. The largest absolute Gasteiger partial charge is 0.479 e. The van der Waals surface area contributed by atoms with E-state index in [-0.39, 0.29) is 11.0 Å². The van der Waals surface area contributed by atoms with Gasteiger partial charge in [0.1, 0.15) is 6.04 Å². The Morgan fingerprint density at radius 1 is 1.27 bits per heavy atom. The zero-order chi connectivity index (χ0) is 19.3. The molecule has 0 bridgehead atoms. The van der Waals surface area contributed by atoms with Gasteiger partial charge in [0.05, 0.1) is 0 Å². The van der Waals surface area contributed by atoms with E-state index in [2.05, 4.69) is 0 Å². The summed E-state index contributed by atoms with van der Waals surface area (Å²) >= 11 is 6.96. The van der Waals surface area contributed by atoms with E-state index in [1.54, 1.807) is 13.0 Å². The minimum Gasteiger partial charge on any atom is -0.479 e. The van der Waals surface area contributed by atoms with Crippen molar-refractivity contribution in [3.05, 3.63) is 46.5 Å². The minimum atomic E-state index is -1.04. The third kappa shape index (κ3) is 5.61. The summed E-state index contributed by atoms with van der Waals surface area (Å²) in [6, 6.07) is 6.59. The quantitative estimate of drug-likeness (QED) is 0.716. The van der Waals surface area contributed by atoms with Gasteiger partial charge < -0.3 is 10.0 Å². The molecule has 7 heteroatoms. The average Bonchev–Trinajstić information content (AvgIpc) is 3.03. The monoisotopic (exact) mass is 395 g/mol. The van der Waals surface area contributed by atoms with Crippen LogP contribution in [-0.2, 0) is 20.8 Å². The maximum atomic E-state index is 12.6. The van der Waals surface area contributed by atoms with Crippen LogP contribution in [0.3, 0.4) is 0 Å². The predicted molar refractivity (Wildman–Crippen MR) is 103 cm³/mol. The van der Waals surface area contributed by atoms with Gasteiger partial charge in [-0.15, -0.1) is 0 Å². The Kier molecular flexibility index (Phi) is 7.29. The molecule has 0 aromatic heterocycles. The summed E-state index contributed by atoms with van der Waals surface area (Å²) < 4.78 is 0. The number of aryl methyl sites for hydroxylation is 1. The molecule has 2 rings (SSSR count). The van der Waals surface area contributed by atoms with E-state index in [9.17, 15) is 19.5 Å². The van der Waals surface area contributed by atoms with E-state index in [1.807, 2.05) is 24.3 Å². The fourth-order valence-corrected chi connectivity index (χ4v) is 3.57. The fraction of sp³-hybridized carbons (Fsp3) is 0.421. The first-order valence-electron chi connectivity index (χ1n) is 8.38. The van der Waals surface area contributed by atoms with Crippen molar-refractivity contribution in [1.82, 2.24) is 4.90 Å². The smallest absolute Gasteiger partial charge is 0.330 e. The molecule has 0 fully saturated rings. The lowest BCUT2D eigenvalue weighted by molar-refractivity contribution is -0.148. The zero-order valence-electron chi connectivity index (χ0n) is 14.8. The SMILES string of the molecule is CC(=O)SC[C@@H](C)C(=O)N1CC(CCc2ccc(Cl)cc2)=CC1C(=O)O. The van der Waals surface area contributed by atoms with Gasteiger partial charge in [-0.2, -0.15) is 0 Å². The highest BCUT2D eigenvalue weighted by molar-refractivity contribution is 8.13. The number of carboxylic acid groups (broad SMARTS) is 1. The lowest BCUT2D eigenvalue weighted by atomic mass is 10.0. The van der Waals surface area contributed by atoms with E-state index in [0.717, 1.165) is 29.3 Å². The number of carboxylic acids is 1. The molecule has 0 spiro atoms. The molecule has 140 valence electrons. The molecule has 1 amide bonds. The predicted octanol–water partition coefficient (Wildman–Crippen LogP) is 3.41. The second kappa shape index (κ2) is 9.24. The molecule has 1 heterocycles. The standard InChI is InChI=1S/C19H22ClNO4S/c1-12(11-26-13(2)22)18(23)21-10-15(9-17(21)19(24)25)4-3-14-5-7-16(20)8-6-14/h5-9,12,17H,3-4,10-11H2,1-2H3,(H,24,25)/t12-,17?/m1/s1. The third-order valence-corrected chi connectivity index (χ3v) is 5.57. The maximum absolute atomic E-state index is 12.6. The first-order chi connectivity index (χ1) is 12.3. The molecule has 1 aromatic carbocycles. The van der Waals surface area contributed by atoms with Gasteiger partial charge in [-0.3, -0.25) is 9.59 Å². The molecule has 1 unspecified atom stereocenters. The van der Waals surface area contributed by atoms with E-state index in [0.29, 0.717) is 23.7 Å². The first kappa shape index (κ1) is 20.5. The highest BCUT2D eigenvalue weighted by atomic mass is 35.5. The highest BCUT2D eigenvalue weighted by Crippen LogP contribution is 2.24. The summed E-state index contributed by atoms with van der Waals surface area (Å²) in [5, 5.41) is 10.1. The Morgan fingerprint density at radius 3 is 2.50 bits per heavy atom. The van der Waals surface area contributed by atoms with Crippen molar-refractivity contribution in [1.29, 1.82) is 0 Å². The molecule has 2 atom stereocenters. The number of hydrogen-bond donors (Lipinski definition) is 1. The number of benzene rings is 1. The Labute approximate surface area is 162 Å². The lowest BCUT2D eigenvalue weighted by Gasteiger charge is -2.25. The lowest BCUT2D eigenvalue weighted by Crippen LogP contribution is -2.44. The minimum absolute atomic E-state index is 0.0531. The van der Waals surface area contributed by atoms with Crippen LogP contribution in [0.5, 0.6) is 0 Å². The second-order valence-corrected chi connectivity index (χ2v) is 8.04. The summed E-state index contributed by atoms with van der Waals surface area (Å²) in [4.78, 5) is 36.6. The van der Waals surface area contributed by atoms with Crippen LogP contribution in [0.1, 0.15) is 25.8 Å². The summed E-state index contributed by atoms with van der Waals surface area (Å²) in [6.45, 7) is 3.50. The van der Waals surface area contributed by atoms with E-state index >= 15 is 0 Å². The number of hydrogen-bond acceptors (Lipinski definition) is 4. The molecule has 1 aliphatic rings. The van der Waals surface area contributed by atoms with Crippen LogP contribution in [0.2, 0.25) is 5.02 Å². The Hall–Kier alpha value is -1.79. The van der Waals surface area contributed by atoms with E-state index in [4.69, 9.17) is 11.6 Å². The van der Waals surface area contributed by atoms with Crippen molar-refractivity contribution in [2.75, 3.05) is 12.3 Å². The van der Waals surface area contributed by atoms with Crippen LogP contribution in [0, 0.1) is 5.92 Å². The van der Waals surface area contributed by atoms with Gasteiger partial charge in [-0.1, -0.05) is 48.0 Å². The first-order valence-corrected chi connectivity index (χ1v) is 9.75. The van der Waals surface area contributed by atoms with Crippen LogP contribution in [0.4, 0.5) is 0 Å². The topological polar surface area (TPSA) is 74.7 Å². The van der Waals surface area contributed by atoms with Crippen LogP contribution in [0.25, 0.3) is 0 Å². The van der Waals surface area contributed by atoms with Gasteiger partial charge in [0.15, 0.2) is 5.12 Å². The number of amides is 1. The normalized spacial score (nSPS) is 17.7. The molecule has 0 radical (unpaired) electrons. The van der Waals surface area contributed by atoms with E-state index in [1.165, 1.54) is 11.8 Å². The fourth-order valence-electron chi connectivity index (χ4n) is 2.82. The highest BCUT2D eigenvalue weighted by Gasteiger charge is 2.35. The zero-order valence-corrected chi connectivity index (χ0v) is 16.3. The van der Waals surface area contributed by atoms with Crippen molar-refractivity contribution < 1.29 is 19.5 Å². The number of rotatable bonds is 7. The molecule has 0 saturated heterocycles. The number of carbonyl (C=O) groups excluding carboxylic acids is 2. The van der Waals surface area contributed by atoms with Gasteiger partial charge in [0, 0.05) is 30.2 Å². The summed E-state index contributed by atoms with van der Waals surface area (Å²) in [7, 11) is 0. The molecule has 1 aromatic rings. The van der Waals surface area contributed by atoms with Crippen LogP contribution >= 0.6 is 23.4 Å². The molecule has 26 heavy (non-hydrogen) atoms. The molecular formula is C19H22ClNO4S. The number of nitrogens with zero attached hydrogens (tertiary/aromatic N) is 1. The van der Waals surface area contributed by atoms with E-state index < -0.39 is 17.9 Å². The number of halogens is 1. The maximum Gasteiger partial charge on any atom is 0.330 e. The van der Waals surface area contributed by atoms with Crippen LogP contribution < -0.4 is 0 Å². The molecular weight excluding hydrogens is 374 g/mol. The third-order valence-electron chi connectivity index (χ3n) is 4.25. The van der Waals surface area contributed by atoms with Gasteiger partial charge >= 0.3 is 5.97 Å². The van der Waals surface area contributed by atoms with Gasteiger partial charge in [0.25, 0.3) is 0 Å². The second-order valence-electron chi connectivity index (χ2n) is 6.40. The van der Waals surface area contributed by atoms with Gasteiger partial charge in [0.2, 0.25) is 5.91 Å². The van der Waals surface area contributed by atoms with Crippen molar-refractivity contribution in [3.8, 4) is 0 Å². The summed E-state index contributed by atoms with van der Waals surface area (Å²) in [6.07, 6.45) is 3.11. The number of aliphatic carboxylic acids is 1. The Morgan fingerprint density at radius 2 is 1.92 bits per heavy atom. The Bertz CT molecular complexity index is 717. The van der Waals surface area contributed by atoms with Crippen LogP contribution in [-0.4, -0.2) is 45.3 Å². The molecule has 5 nitrogen and oxygen atoms in total. The molecule has 1 N–H and O–H groups in total. The Balaban J connectivity index is 1.99. The van der Waals surface area contributed by atoms with Crippen molar-refractivity contribution in [2.24, 2.45) is 5.92 Å². The van der Waals surface area contributed by atoms with Crippen molar-refractivity contribution in [2.45, 2.75) is 32.7 Å². The van der Waals surface area contributed by atoms with Gasteiger partial charge in [-0.25, -0.2) is 4.79 Å². The molecule has 0 aliphatic carbocycles. The number of thioether (sulfide) groups is 1. The summed E-state index contributed by atoms with van der Waals surface area (Å²) in [5.74, 6) is -1.32. The molecule has 0 saturated carbocycles. The molecule has 1 aliphatic heterocycles. The number of carbonyl (C=O) groups is 3. The van der Waals surface area contributed by atoms with Crippen molar-refractivity contribution in [3.63, 3.8) is 0 Å². The van der Waals surface area contributed by atoms with Gasteiger partial charge in [-0.05, 0) is 36.6 Å². The van der Waals surface area contributed by atoms with Crippen LogP contribution in [0.15, 0.2) is 35.9 Å².